The molecular formula is C10H7N3O6. The highest BCUT2D eigenvalue weighted by atomic mass is 16.8. The molecule has 19 heavy (non-hydrogen) atoms. The summed E-state index contributed by atoms with van der Waals surface area (Å²) >= 11 is 0. The Morgan fingerprint density at radius 1 is 1.32 bits per heavy atom. The molecule has 0 aliphatic heterocycles. The predicted molar refractivity (Wildman–Crippen MR) is 61.0 cm³/mol. The number of nitrogens with zero attached hydrogens (tertiary/aromatic N) is 2. The van der Waals surface area contributed by atoms with Crippen LogP contribution >= 0.6 is 0 Å². The van der Waals surface area contributed by atoms with Crippen LogP contribution in [-0.2, 0) is 0 Å². The van der Waals surface area contributed by atoms with E-state index in [1.165, 1.54) is 6.07 Å². The molecular weight excluding hydrogens is 258 g/mol. The highest BCUT2D eigenvalue weighted by Gasteiger charge is 2.18. The molecule has 0 radical (unpaired) electrons. The van der Waals surface area contributed by atoms with Gasteiger partial charge >= 0.3 is 5.91 Å². The molecule has 0 atom stereocenters. The number of non-ortho nitro benzene ring substituents is 1. The van der Waals surface area contributed by atoms with Crippen LogP contribution in [0.1, 0.15) is 10.4 Å². The fourth-order valence-corrected chi connectivity index (χ4v) is 1.65. The van der Waals surface area contributed by atoms with Gasteiger partial charge in [0.15, 0.2) is 0 Å². The first-order chi connectivity index (χ1) is 8.91. The number of rotatable bonds is 2. The zero-order valence-electron chi connectivity index (χ0n) is 9.23. The smallest absolute Gasteiger partial charge is 0.305 e. The van der Waals surface area contributed by atoms with E-state index in [-0.39, 0.29) is 22.0 Å². The maximum atomic E-state index is 11.6. The van der Waals surface area contributed by atoms with Crippen molar-refractivity contribution in [3.63, 3.8) is 0 Å². The lowest BCUT2D eigenvalue weighted by molar-refractivity contribution is -0.384. The van der Waals surface area contributed by atoms with Crippen LogP contribution in [0.3, 0.4) is 0 Å². The summed E-state index contributed by atoms with van der Waals surface area (Å²) in [6, 6.07) is 3.31. The van der Waals surface area contributed by atoms with Gasteiger partial charge in [0.1, 0.15) is 0 Å². The number of H-pyrrole nitrogens is 1. The Balaban J connectivity index is 2.77. The minimum Gasteiger partial charge on any atom is -0.328 e. The Hall–Kier alpha value is -2.78. The largest absolute Gasteiger partial charge is 0.328 e. The number of carbonyl (C=O) groups excluding carboxylic acids is 1. The van der Waals surface area contributed by atoms with Crippen LogP contribution < -0.4 is 5.56 Å². The van der Waals surface area contributed by atoms with Gasteiger partial charge in [-0.2, -0.15) is 0 Å². The van der Waals surface area contributed by atoms with Gasteiger partial charge in [0.25, 0.3) is 11.2 Å². The molecule has 0 saturated carbocycles. The number of amides is 1. The summed E-state index contributed by atoms with van der Waals surface area (Å²) in [7, 11) is 0. The van der Waals surface area contributed by atoms with Crippen LogP contribution in [0.15, 0.2) is 29.2 Å². The minimum absolute atomic E-state index is 0.0763. The standard InChI is InChI=1S/C10H7N3O6/c14-9-7-3-5(12(16)17)1-2-6(7)8(4-11-9)10(15)13(18)19/h1-4,18-19H,(H,11,14). The average Bonchev–Trinajstić information content (AvgIpc) is 2.38. The van der Waals surface area contributed by atoms with Crippen molar-refractivity contribution in [1.29, 1.82) is 0 Å². The molecule has 0 fully saturated rings. The topological polar surface area (TPSA) is 137 Å². The lowest BCUT2D eigenvalue weighted by atomic mass is 10.1. The van der Waals surface area contributed by atoms with Crippen molar-refractivity contribution in [2.45, 2.75) is 0 Å². The van der Waals surface area contributed by atoms with Crippen molar-refractivity contribution in [3.8, 4) is 0 Å². The van der Waals surface area contributed by atoms with Gasteiger partial charge in [-0.25, -0.2) is 0 Å². The van der Waals surface area contributed by atoms with Crippen LogP contribution in [0, 0.1) is 10.1 Å². The van der Waals surface area contributed by atoms with Crippen molar-refractivity contribution in [3.05, 3.63) is 50.4 Å². The van der Waals surface area contributed by atoms with Crippen molar-refractivity contribution >= 4 is 22.4 Å². The normalized spacial score (nSPS) is 10.4. The van der Waals surface area contributed by atoms with Crippen molar-refractivity contribution in [2.75, 3.05) is 0 Å². The molecule has 98 valence electrons. The van der Waals surface area contributed by atoms with Crippen LogP contribution in [0.5, 0.6) is 0 Å². The number of nitro benzene ring substituents is 1. The van der Waals surface area contributed by atoms with Gasteiger partial charge in [-0.3, -0.25) is 30.1 Å². The molecule has 0 unspecified atom stereocenters. The molecule has 1 heterocycles. The Morgan fingerprint density at radius 3 is 2.58 bits per heavy atom. The highest BCUT2D eigenvalue weighted by Crippen LogP contribution is 2.21. The summed E-state index contributed by atoms with van der Waals surface area (Å²) in [5.74, 6) is -1.17. The van der Waals surface area contributed by atoms with E-state index in [1.807, 2.05) is 0 Å². The molecule has 0 saturated heterocycles. The zero-order valence-corrected chi connectivity index (χ0v) is 9.23. The monoisotopic (exact) mass is 265 g/mol. The Kier molecular flexibility index (Phi) is 2.99. The second-order valence-corrected chi connectivity index (χ2v) is 3.61. The Morgan fingerprint density at radius 2 is 2.00 bits per heavy atom. The van der Waals surface area contributed by atoms with Crippen LogP contribution in [0.2, 0.25) is 0 Å². The van der Waals surface area contributed by atoms with Gasteiger partial charge in [-0.15, -0.1) is 0 Å². The van der Waals surface area contributed by atoms with E-state index in [9.17, 15) is 19.7 Å². The summed E-state index contributed by atoms with van der Waals surface area (Å²) in [6.45, 7) is 0. The van der Waals surface area contributed by atoms with Gasteiger partial charge in [0.2, 0.25) is 0 Å². The number of carbonyl (C=O) groups is 1. The van der Waals surface area contributed by atoms with E-state index in [0.717, 1.165) is 18.3 Å². The maximum absolute atomic E-state index is 11.6. The first-order valence-corrected chi connectivity index (χ1v) is 4.94. The number of aromatic nitrogens is 1. The quantitative estimate of drug-likeness (QED) is 0.414. The molecule has 2 aromatic rings. The fourth-order valence-electron chi connectivity index (χ4n) is 1.65. The van der Waals surface area contributed by atoms with E-state index in [2.05, 4.69) is 4.98 Å². The number of pyridine rings is 1. The van der Waals surface area contributed by atoms with E-state index >= 15 is 0 Å². The SMILES string of the molecule is O=C(c1c[nH]c(=O)c2cc([N+](=O)[O-])ccc12)N(O)O. The molecule has 0 aliphatic rings. The van der Waals surface area contributed by atoms with E-state index in [1.54, 1.807) is 0 Å². The molecule has 1 aromatic carbocycles. The number of fused-ring (bicyclic) bond motifs is 1. The first-order valence-electron chi connectivity index (χ1n) is 4.94. The lowest BCUT2D eigenvalue weighted by Crippen LogP contribution is -2.24. The van der Waals surface area contributed by atoms with Gasteiger partial charge in [0.05, 0.1) is 15.9 Å². The summed E-state index contributed by atoms with van der Waals surface area (Å²) < 4.78 is 0. The Bertz CT molecular complexity index is 736. The van der Waals surface area contributed by atoms with Gasteiger partial charge in [-0.1, -0.05) is 5.23 Å². The highest BCUT2D eigenvalue weighted by molar-refractivity contribution is 6.05. The summed E-state index contributed by atoms with van der Waals surface area (Å²) in [6.07, 6.45) is 0.998. The van der Waals surface area contributed by atoms with Crippen molar-refractivity contribution < 1.29 is 20.1 Å². The van der Waals surface area contributed by atoms with Gasteiger partial charge in [0, 0.05) is 23.7 Å². The minimum atomic E-state index is -1.17. The molecule has 2 rings (SSSR count). The molecule has 0 aliphatic carbocycles. The average molecular weight is 265 g/mol. The third-order valence-corrected chi connectivity index (χ3v) is 2.51. The van der Waals surface area contributed by atoms with Crippen LogP contribution in [-0.4, -0.2) is 31.5 Å². The fraction of sp³-hybridized carbons (Fsp3) is 0. The van der Waals surface area contributed by atoms with Crippen molar-refractivity contribution in [1.82, 2.24) is 10.2 Å². The van der Waals surface area contributed by atoms with E-state index < -0.39 is 21.6 Å². The number of hydrogen-bond acceptors (Lipinski definition) is 6. The Labute approximate surface area is 104 Å². The van der Waals surface area contributed by atoms with Gasteiger partial charge < -0.3 is 4.98 Å². The van der Waals surface area contributed by atoms with Crippen LogP contribution in [0.4, 0.5) is 5.69 Å². The molecule has 3 N–H and O–H groups in total. The molecule has 9 nitrogen and oxygen atoms in total. The molecule has 0 spiro atoms. The van der Waals surface area contributed by atoms with Gasteiger partial charge in [-0.05, 0) is 6.07 Å². The number of aromatic amines is 1. The molecule has 1 amide bonds. The number of hydroxylamine groups is 2. The van der Waals surface area contributed by atoms with E-state index in [0.29, 0.717) is 0 Å². The molecule has 0 bridgehead atoms. The third kappa shape index (κ3) is 2.14. The zero-order chi connectivity index (χ0) is 14.2. The predicted octanol–water partition coefficient (Wildman–Crippen LogP) is 0.657. The maximum Gasteiger partial charge on any atom is 0.305 e. The summed E-state index contributed by atoms with van der Waals surface area (Å²) in [5, 5.41) is 27.3. The number of nitro groups is 1. The number of nitrogens with one attached hydrogen (secondary N) is 1. The number of hydrogen-bond donors (Lipinski definition) is 3. The van der Waals surface area contributed by atoms with E-state index in [4.69, 9.17) is 10.4 Å². The second-order valence-electron chi connectivity index (χ2n) is 3.61. The number of benzene rings is 1. The second kappa shape index (κ2) is 4.48. The molecule has 1 aromatic heterocycles. The van der Waals surface area contributed by atoms with Crippen molar-refractivity contribution in [2.24, 2.45) is 0 Å². The third-order valence-electron chi connectivity index (χ3n) is 2.51. The molecule has 9 heteroatoms. The van der Waals surface area contributed by atoms with Crippen LogP contribution in [0.25, 0.3) is 10.8 Å². The summed E-state index contributed by atoms with van der Waals surface area (Å²) in [5.41, 5.74) is -1.14. The first kappa shape index (κ1) is 12.7. The lowest BCUT2D eigenvalue weighted by Gasteiger charge is -2.08. The summed E-state index contributed by atoms with van der Waals surface area (Å²) in [4.78, 5) is 35.2.